The molecule has 0 saturated heterocycles. The summed E-state index contributed by atoms with van der Waals surface area (Å²) in [4.78, 5) is 4.99. The molecule has 0 bridgehead atoms. The second kappa shape index (κ2) is 13.9. The number of unbranched alkanes of at least 4 members (excludes halogenated alkanes) is 7. The molecule has 0 aliphatic heterocycles. The predicted octanol–water partition coefficient (Wildman–Crippen LogP) is 2.00. The SMILES string of the molecule is CCCCCCCCCCNOCC(O)CO. The zero-order chi connectivity index (χ0) is 12.8. The van der Waals surface area contributed by atoms with Gasteiger partial charge in [-0.05, 0) is 6.42 Å². The molecule has 4 nitrogen and oxygen atoms in total. The van der Waals surface area contributed by atoms with Gasteiger partial charge in [-0.1, -0.05) is 51.9 Å². The lowest BCUT2D eigenvalue weighted by Crippen LogP contribution is -2.26. The minimum atomic E-state index is -0.777. The summed E-state index contributed by atoms with van der Waals surface area (Å²) in [6.45, 7) is 2.94. The lowest BCUT2D eigenvalue weighted by Gasteiger charge is -2.08. The highest BCUT2D eigenvalue weighted by atomic mass is 16.6. The van der Waals surface area contributed by atoms with Crippen molar-refractivity contribution < 1.29 is 15.1 Å². The Morgan fingerprint density at radius 2 is 1.59 bits per heavy atom. The Bertz CT molecular complexity index is 145. The normalized spacial score (nSPS) is 12.9. The number of aliphatic hydroxyl groups excluding tert-OH is 2. The zero-order valence-corrected chi connectivity index (χ0v) is 11.2. The number of hydroxylamine groups is 1. The molecule has 0 radical (unpaired) electrons. The van der Waals surface area contributed by atoms with Gasteiger partial charge in [0.2, 0.25) is 0 Å². The maximum Gasteiger partial charge on any atom is 0.102 e. The van der Waals surface area contributed by atoms with Gasteiger partial charge in [-0.25, -0.2) is 5.48 Å². The number of rotatable bonds is 13. The van der Waals surface area contributed by atoms with Crippen molar-refractivity contribution in [2.24, 2.45) is 0 Å². The fraction of sp³-hybridized carbons (Fsp3) is 1.00. The van der Waals surface area contributed by atoms with Crippen molar-refractivity contribution in [1.82, 2.24) is 5.48 Å². The van der Waals surface area contributed by atoms with Gasteiger partial charge >= 0.3 is 0 Å². The Hall–Kier alpha value is -0.160. The predicted molar refractivity (Wildman–Crippen MR) is 69.7 cm³/mol. The van der Waals surface area contributed by atoms with E-state index in [9.17, 15) is 0 Å². The Morgan fingerprint density at radius 3 is 2.18 bits per heavy atom. The second-order valence-electron chi connectivity index (χ2n) is 4.52. The zero-order valence-electron chi connectivity index (χ0n) is 11.2. The Labute approximate surface area is 105 Å². The summed E-state index contributed by atoms with van der Waals surface area (Å²) in [5.74, 6) is 0. The first-order valence-corrected chi connectivity index (χ1v) is 6.94. The topological polar surface area (TPSA) is 61.7 Å². The van der Waals surface area contributed by atoms with Gasteiger partial charge in [0, 0.05) is 6.54 Å². The molecule has 3 N–H and O–H groups in total. The average Bonchev–Trinajstić information content (AvgIpc) is 2.35. The second-order valence-corrected chi connectivity index (χ2v) is 4.52. The highest BCUT2D eigenvalue weighted by Crippen LogP contribution is 2.07. The molecule has 0 aromatic rings. The van der Waals surface area contributed by atoms with Crippen LogP contribution in [-0.4, -0.2) is 36.1 Å². The summed E-state index contributed by atoms with van der Waals surface area (Å²) in [7, 11) is 0. The van der Waals surface area contributed by atoms with Crippen LogP contribution in [0.1, 0.15) is 58.3 Å². The van der Waals surface area contributed by atoms with Crippen LogP contribution < -0.4 is 5.48 Å². The van der Waals surface area contributed by atoms with Crippen molar-refractivity contribution in [3.8, 4) is 0 Å². The van der Waals surface area contributed by atoms with E-state index in [0.29, 0.717) is 0 Å². The summed E-state index contributed by atoms with van der Waals surface area (Å²) >= 11 is 0. The summed E-state index contributed by atoms with van der Waals surface area (Å²) < 4.78 is 0. The molecule has 0 rings (SSSR count). The number of hydrogen-bond acceptors (Lipinski definition) is 4. The highest BCUT2D eigenvalue weighted by molar-refractivity contribution is 4.49. The lowest BCUT2D eigenvalue weighted by molar-refractivity contribution is -0.0371. The van der Waals surface area contributed by atoms with Crippen LogP contribution in [0.5, 0.6) is 0 Å². The van der Waals surface area contributed by atoms with Gasteiger partial charge in [0.1, 0.15) is 6.10 Å². The maximum absolute atomic E-state index is 8.99. The number of aliphatic hydroxyl groups is 2. The highest BCUT2D eigenvalue weighted by Gasteiger charge is 2.00. The molecule has 0 aromatic heterocycles. The first-order chi connectivity index (χ1) is 8.31. The van der Waals surface area contributed by atoms with Crippen molar-refractivity contribution in [3.63, 3.8) is 0 Å². The lowest BCUT2D eigenvalue weighted by atomic mass is 10.1. The fourth-order valence-electron chi connectivity index (χ4n) is 1.61. The van der Waals surface area contributed by atoms with Crippen LogP contribution in [0.3, 0.4) is 0 Å². The van der Waals surface area contributed by atoms with Crippen LogP contribution in [0.2, 0.25) is 0 Å². The minimum absolute atomic E-state index is 0.146. The van der Waals surface area contributed by atoms with E-state index in [1.54, 1.807) is 0 Å². The summed E-state index contributed by atoms with van der Waals surface area (Å²) in [5.41, 5.74) is 2.79. The average molecular weight is 247 g/mol. The third-order valence-corrected chi connectivity index (χ3v) is 2.72. The van der Waals surface area contributed by atoms with Crippen LogP contribution in [0, 0.1) is 0 Å². The van der Waals surface area contributed by atoms with E-state index in [0.717, 1.165) is 13.0 Å². The smallest absolute Gasteiger partial charge is 0.102 e. The fourth-order valence-corrected chi connectivity index (χ4v) is 1.61. The first kappa shape index (κ1) is 16.8. The summed E-state index contributed by atoms with van der Waals surface area (Å²) in [6, 6.07) is 0. The molecule has 0 aliphatic rings. The van der Waals surface area contributed by atoms with Crippen LogP contribution in [0.4, 0.5) is 0 Å². The molecule has 4 heteroatoms. The molecule has 0 spiro atoms. The largest absolute Gasteiger partial charge is 0.394 e. The Kier molecular flexibility index (Phi) is 13.8. The maximum atomic E-state index is 8.99. The molecule has 17 heavy (non-hydrogen) atoms. The van der Waals surface area contributed by atoms with Crippen LogP contribution in [-0.2, 0) is 4.84 Å². The third-order valence-electron chi connectivity index (χ3n) is 2.72. The van der Waals surface area contributed by atoms with Gasteiger partial charge in [0.15, 0.2) is 0 Å². The van der Waals surface area contributed by atoms with E-state index in [4.69, 9.17) is 15.1 Å². The molecular formula is C13H29NO3. The van der Waals surface area contributed by atoms with E-state index in [1.165, 1.54) is 44.9 Å². The molecule has 0 amide bonds. The molecule has 0 aliphatic carbocycles. The molecule has 1 unspecified atom stereocenters. The van der Waals surface area contributed by atoms with Crippen molar-refractivity contribution in [3.05, 3.63) is 0 Å². The van der Waals surface area contributed by atoms with Crippen LogP contribution in [0.15, 0.2) is 0 Å². The summed E-state index contributed by atoms with van der Waals surface area (Å²) in [6.07, 6.45) is 9.59. The Morgan fingerprint density at radius 1 is 1.00 bits per heavy atom. The van der Waals surface area contributed by atoms with Gasteiger partial charge < -0.3 is 10.2 Å². The monoisotopic (exact) mass is 247 g/mol. The minimum Gasteiger partial charge on any atom is -0.394 e. The van der Waals surface area contributed by atoms with E-state index < -0.39 is 6.10 Å². The van der Waals surface area contributed by atoms with E-state index in [1.807, 2.05) is 0 Å². The molecular weight excluding hydrogens is 218 g/mol. The van der Waals surface area contributed by atoms with Gasteiger partial charge in [-0.2, -0.15) is 0 Å². The van der Waals surface area contributed by atoms with Gasteiger partial charge in [0.25, 0.3) is 0 Å². The number of nitrogens with one attached hydrogen (secondary N) is 1. The van der Waals surface area contributed by atoms with Crippen molar-refractivity contribution in [2.45, 2.75) is 64.4 Å². The molecule has 0 saturated carbocycles. The van der Waals surface area contributed by atoms with Gasteiger partial charge in [-0.3, -0.25) is 4.84 Å². The quantitative estimate of drug-likeness (QED) is 0.344. The number of hydrogen-bond donors (Lipinski definition) is 3. The van der Waals surface area contributed by atoms with E-state index in [-0.39, 0.29) is 13.2 Å². The summed E-state index contributed by atoms with van der Waals surface area (Å²) in [5, 5.41) is 17.5. The molecule has 1 atom stereocenters. The third kappa shape index (κ3) is 13.8. The Balaban J connectivity index is 2.94. The molecule has 0 aromatic carbocycles. The van der Waals surface area contributed by atoms with Crippen molar-refractivity contribution >= 4 is 0 Å². The molecule has 0 heterocycles. The van der Waals surface area contributed by atoms with Crippen LogP contribution >= 0.6 is 0 Å². The van der Waals surface area contributed by atoms with Crippen molar-refractivity contribution in [2.75, 3.05) is 19.8 Å². The van der Waals surface area contributed by atoms with Gasteiger partial charge in [-0.15, -0.1) is 0 Å². The van der Waals surface area contributed by atoms with E-state index >= 15 is 0 Å². The standard InChI is InChI=1S/C13H29NO3/c1-2-3-4-5-6-7-8-9-10-14-17-12-13(16)11-15/h13-16H,2-12H2,1H3. The van der Waals surface area contributed by atoms with Crippen LogP contribution in [0.25, 0.3) is 0 Å². The van der Waals surface area contributed by atoms with Crippen molar-refractivity contribution in [1.29, 1.82) is 0 Å². The van der Waals surface area contributed by atoms with E-state index in [2.05, 4.69) is 12.4 Å². The molecule has 0 fully saturated rings. The van der Waals surface area contributed by atoms with Gasteiger partial charge in [0.05, 0.1) is 13.2 Å². The first-order valence-electron chi connectivity index (χ1n) is 6.94. The molecule has 104 valence electrons.